The van der Waals surface area contributed by atoms with Gasteiger partial charge in [0.2, 0.25) is 0 Å². The number of likely N-dealkylation sites (N-methyl/N-ethyl adjacent to an activating group) is 1. The lowest BCUT2D eigenvalue weighted by Gasteiger charge is -2.29. The summed E-state index contributed by atoms with van der Waals surface area (Å²) in [7, 11) is 2.65. The smallest absolute Gasteiger partial charge is 0.411 e. The van der Waals surface area contributed by atoms with Gasteiger partial charge in [0, 0.05) is 13.5 Å². The van der Waals surface area contributed by atoms with Crippen LogP contribution < -0.4 is 5.32 Å². The van der Waals surface area contributed by atoms with Crippen molar-refractivity contribution in [2.24, 2.45) is 0 Å². The topological polar surface area (TPSA) is 105 Å². The average Bonchev–Trinajstić information content (AvgIpc) is 2.93. The van der Waals surface area contributed by atoms with Crippen molar-refractivity contribution in [2.45, 2.75) is 44.4 Å². The van der Waals surface area contributed by atoms with Crippen molar-refractivity contribution < 1.29 is 28.7 Å². The molecule has 2 fully saturated rings. The molecular formula is C14H21N3O6. The maximum Gasteiger partial charge on any atom is 0.411 e. The number of nitrogens with one attached hydrogen (secondary N) is 1. The molecule has 1 spiro atoms. The molecule has 2 rings (SSSR count). The van der Waals surface area contributed by atoms with Crippen LogP contribution in [0.15, 0.2) is 0 Å². The third kappa shape index (κ3) is 2.82. The zero-order valence-electron chi connectivity index (χ0n) is 13.8. The van der Waals surface area contributed by atoms with E-state index in [1.54, 1.807) is 20.8 Å². The number of imide groups is 1. The number of amides is 4. The minimum Gasteiger partial charge on any atom is -0.467 e. The van der Waals surface area contributed by atoms with Gasteiger partial charge in [-0.15, -0.1) is 0 Å². The van der Waals surface area contributed by atoms with E-state index in [2.05, 4.69) is 5.32 Å². The summed E-state index contributed by atoms with van der Waals surface area (Å²) in [6.07, 6.45) is -0.766. The van der Waals surface area contributed by atoms with Gasteiger partial charge in [0.1, 0.15) is 17.2 Å². The first kappa shape index (κ1) is 17.0. The molecule has 2 aliphatic heterocycles. The van der Waals surface area contributed by atoms with Crippen LogP contribution in [0.1, 0.15) is 27.2 Å². The second kappa shape index (κ2) is 5.39. The van der Waals surface area contributed by atoms with Gasteiger partial charge in [-0.25, -0.2) is 14.4 Å². The Kier molecular flexibility index (Phi) is 4.00. The number of urea groups is 1. The molecule has 4 amide bonds. The first-order chi connectivity index (χ1) is 10.5. The normalized spacial score (nSPS) is 27.4. The third-order valence-corrected chi connectivity index (χ3v) is 4.03. The summed E-state index contributed by atoms with van der Waals surface area (Å²) in [6, 6.07) is -1.56. The van der Waals surface area contributed by atoms with Gasteiger partial charge in [0.25, 0.3) is 5.91 Å². The molecule has 0 aromatic rings. The van der Waals surface area contributed by atoms with Crippen molar-refractivity contribution in [1.29, 1.82) is 0 Å². The molecule has 9 heteroatoms. The first-order valence-corrected chi connectivity index (χ1v) is 7.18. The molecule has 0 aromatic carbocycles. The quantitative estimate of drug-likeness (QED) is 0.540. The van der Waals surface area contributed by atoms with Crippen molar-refractivity contribution in [3.8, 4) is 0 Å². The fourth-order valence-electron chi connectivity index (χ4n) is 2.80. The molecule has 0 aliphatic carbocycles. The van der Waals surface area contributed by atoms with E-state index in [-0.39, 0.29) is 13.0 Å². The predicted molar refractivity (Wildman–Crippen MR) is 77.4 cm³/mol. The van der Waals surface area contributed by atoms with Crippen LogP contribution in [0.2, 0.25) is 0 Å². The number of nitrogens with zero attached hydrogens (tertiary/aromatic N) is 2. The van der Waals surface area contributed by atoms with Crippen LogP contribution in [-0.4, -0.2) is 71.7 Å². The zero-order chi connectivity index (χ0) is 17.6. The largest absolute Gasteiger partial charge is 0.467 e. The van der Waals surface area contributed by atoms with E-state index in [1.807, 2.05) is 0 Å². The van der Waals surface area contributed by atoms with Gasteiger partial charge >= 0.3 is 18.1 Å². The average molecular weight is 327 g/mol. The highest BCUT2D eigenvalue weighted by molar-refractivity contribution is 6.08. The van der Waals surface area contributed by atoms with E-state index in [1.165, 1.54) is 19.1 Å². The van der Waals surface area contributed by atoms with E-state index in [4.69, 9.17) is 9.47 Å². The molecule has 2 saturated heterocycles. The molecule has 1 N–H and O–H groups in total. The second-order valence-electron chi connectivity index (χ2n) is 6.70. The number of hydrogen-bond donors (Lipinski definition) is 1. The maximum absolute atomic E-state index is 12.4. The molecule has 2 aliphatic rings. The molecule has 0 aromatic heterocycles. The van der Waals surface area contributed by atoms with Crippen molar-refractivity contribution in [3.05, 3.63) is 0 Å². The maximum atomic E-state index is 12.4. The van der Waals surface area contributed by atoms with Crippen LogP contribution in [0, 0.1) is 0 Å². The Bertz CT molecular complexity index is 569. The van der Waals surface area contributed by atoms with Crippen LogP contribution in [0.3, 0.4) is 0 Å². The number of methoxy groups -OCH3 is 1. The van der Waals surface area contributed by atoms with Gasteiger partial charge in [0.05, 0.1) is 13.7 Å². The van der Waals surface area contributed by atoms with Crippen LogP contribution in [0.4, 0.5) is 9.59 Å². The van der Waals surface area contributed by atoms with Gasteiger partial charge in [0.15, 0.2) is 0 Å². The molecule has 0 bridgehead atoms. The molecule has 0 saturated carbocycles. The van der Waals surface area contributed by atoms with E-state index >= 15 is 0 Å². The molecule has 9 nitrogen and oxygen atoms in total. The van der Waals surface area contributed by atoms with Gasteiger partial charge < -0.3 is 14.4 Å². The molecule has 2 atom stereocenters. The summed E-state index contributed by atoms with van der Waals surface area (Å²) in [6.45, 7) is 4.96. The van der Waals surface area contributed by atoms with Crippen molar-refractivity contribution in [2.75, 3.05) is 20.7 Å². The molecule has 0 radical (unpaired) electrons. The Morgan fingerprint density at radius 3 is 2.35 bits per heavy atom. The van der Waals surface area contributed by atoms with Crippen molar-refractivity contribution >= 4 is 24.0 Å². The number of esters is 1. The van der Waals surface area contributed by atoms with Gasteiger partial charge in [-0.2, -0.15) is 0 Å². The van der Waals surface area contributed by atoms with Crippen molar-refractivity contribution in [3.63, 3.8) is 0 Å². The number of carbonyl (C=O) groups is 4. The van der Waals surface area contributed by atoms with E-state index in [9.17, 15) is 19.2 Å². The monoisotopic (exact) mass is 327 g/mol. The second-order valence-corrected chi connectivity index (χ2v) is 6.70. The highest BCUT2D eigenvalue weighted by Gasteiger charge is 2.61. The summed E-state index contributed by atoms with van der Waals surface area (Å²) >= 11 is 0. The van der Waals surface area contributed by atoms with Gasteiger partial charge in [-0.1, -0.05) is 0 Å². The molecule has 1 unspecified atom stereocenters. The Morgan fingerprint density at radius 2 is 1.91 bits per heavy atom. The van der Waals surface area contributed by atoms with E-state index in [0.717, 1.165) is 4.90 Å². The Hall–Kier alpha value is -2.32. The minimum absolute atomic E-state index is 0.0347. The molecular weight excluding hydrogens is 306 g/mol. The van der Waals surface area contributed by atoms with E-state index in [0.29, 0.717) is 0 Å². The standard InChI is InChI=1S/C14H21N3O6/c1-13(2,3)23-12(21)17-7-14(6-8(17)9(18)22-5)10(19)15-11(20)16(14)4/h8H,6-7H2,1-5H3,(H,15,19,20)/t8-,14?/m0/s1. The number of hydrogen-bond acceptors (Lipinski definition) is 6. The lowest BCUT2D eigenvalue weighted by Crippen LogP contribution is -2.50. The fourth-order valence-corrected chi connectivity index (χ4v) is 2.80. The Balaban J connectivity index is 2.33. The highest BCUT2D eigenvalue weighted by Crippen LogP contribution is 2.36. The molecule has 2 heterocycles. The third-order valence-electron chi connectivity index (χ3n) is 4.03. The van der Waals surface area contributed by atoms with Crippen LogP contribution in [0.25, 0.3) is 0 Å². The van der Waals surface area contributed by atoms with Gasteiger partial charge in [-0.3, -0.25) is 15.0 Å². The minimum atomic E-state index is -1.28. The fraction of sp³-hybridized carbons (Fsp3) is 0.714. The molecule has 23 heavy (non-hydrogen) atoms. The summed E-state index contributed by atoms with van der Waals surface area (Å²) in [5.41, 5.74) is -2.04. The zero-order valence-corrected chi connectivity index (χ0v) is 13.8. The van der Waals surface area contributed by atoms with E-state index < -0.39 is 41.2 Å². The predicted octanol–water partition coefficient (Wildman–Crippen LogP) is 0.0892. The summed E-state index contributed by atoms with van der Waals surface area (Å²) in [5, 5.41) is 2.20. The lowest BCUT2D eigenvalue weighted by molar-refractivity contribution is -0.145. The highest BCUT2D eigenvalue weighted by atomic mass is 16.6. The van der Waals surface area contributed by atoms with Crippen LogP contribution >= 0.6 is 0 Å². The van der Waals surface area contributed by atoms with Gasteiger partial charge in [-0.05, 0) is 20.8 Å². The number of carbonyl (C=O) groups excluding carboxylic acids is 4. The first-order valence-electron chi connectivity index (χ1n) is 7.18. The summed E-state index contributed by atoms with van der Waals surface area (Å²) in [4.78, 5) is 50.7. The molecule has 128 valence electrons. The van der Waals surface area contributed by atoms with Crippen LogP contribution in [-0.2, 0) is 19.1 Å². The summed E-state index contributed by atoms with van der Waals surface area (Å²) < 4.78 is 10.0. The number of rotatable bonds is 1. The number of ether oxygens (including phenoxy) is 2. The number of likely N-dealkylation sites (tertiary alicyclic amines) is 1. The van der Waals surface area contributed by atoms with Crippen molar-refractivity contribution in [1.82, 2.24) is 15.1 Å². The Labute approximate surface area is 133 Å². The SMILES string of the molecule is COC(=O)[C@@H]1CC2(CN1C(=O)OC(C)(C)C)C(=O)NC(=O)N2C. The summed E-state index contributed by atoms with van der Waals surface area (Å²) in [5.74, 6) is -1.20. The Morgan fingerprint density at radius 1 is 1.30 bits per heavy atom. The lowest BCUT2D eigenvalue weighted by atomic mass is 9.95. The van der Waals surface area contributed by atoms with Crippen LogP contribution in [0.5, 0.6) is 0 Å².